The van der Waals surface area contributed by atoms with Gasteiger partial charge in [0.15, 0.2) is 0 Å². The molecule has 0 aliphatic heterocycles. The molecule has 0 aliphatic rings. The Kier molecular flexibility index (Phi) is 2.74. The highest BCUT2D eigenvalue weighted by Gasteiger charge is 2.03. The molecule has 0 aromatic carbocycles. The lowest BCUT2D eigenvalue weighted by atomic mass is 10.2. The first-order valence-electron chi connectivity index (χ1n) is 3.46. The molecule has 0 N–H and O–H groups in total. The van der Waals surface area contributed by atoms with Crippen molar-refractivity contribution in [2.75, 3.05) is 0 Å². The highest BCUT2D eigenvalue weighted by Crippen LogP contribution is 2.21. The molecule has 3 heteroatoms. The molecular formula is C8H9Cl2N. The fraction of sp³-hybridized carbons (Fsp3) is 0.375. The number of nitrogens with zero attached hydrogens (tertiary/aromatic N) is 1. The van der Waals surface area contributed by atoms with Crippen LogP contribution < -0.4 is 0 Å². The third kappa shape index (κ3) is 1.85. The fourth-order valence-corrected chi connectivity index (χ4v) is 1.34. The van der Waals surface area contributed by atoms with Gasteiger partial charge >= 0.3 is 0 Å². The Morgan fingerprint density at radius 1 is 1.45 bits per heavy atom. The normalized spacial score (nSPS) is 10.2. The van der Waals surface area contributed by atoms with Crippen molar-refractivity contribution in [1.82, 2.24) is 4.98 Å². The summed E-state index contributed by atoms with van der Waals surface area (Å²) in [5.74, 6) is 0. The van der Waals surface area contributed by atoms with Gasteiger partial charge in [-0.25, -0.2) is 4.98 Å². The van der Waals surface area contributed by atoms with Crippen molar-refractivity contribution in [1.29, 1.82) is 0 Å². The Labute approximate surface area is 76.4 Å². The van der Waals surface area contributed by atoms with Crippen LogP contribution in [0.15, 0.2) is 6.07 Å². The molecule has 0 radical (unpaired) electrons. The minimum absolute atomic E-state index is 0.547. The summed E-state index contributed by atoms with van der Waals surface area (Å²) in [6, 6.07) is 1.84. The van der Waals surface area contributed by atoms with Crippen molar-refractivity contribution in [2.45, 2.75) is 20.3 Å². The molecule has 1 nitrogen and oxygen atoms in total. The predicted octanol–water partition coefficient (Wildman–Crippen LogP) is 3.26. The molecule has 0 saturated carbocycles. The minimum Gasteiger partial charge on any atom is -0.239 e. The molecule has 0 atom stereocenters. The van der Waals surface area contributed by atoms with Crippen LogP contribution in [0.1, 0.15) is 18.2 Å². The van der Waals surface area contributed by atoms with Crippen LogP contribution in [0, 0.1) is 6.92 Å². The van der Waals surface area contributed by atoms with E-state index >= 15 is 0 Å². The summed E-state index contributed by atoms with van der Waals surface area (Å²) in [6.07, 6.45) is 0.818. The van der Waals surface area contributed by atoms with E-state index < -0.39 is 0 Å². The van der Waals surface area contributed by atoms with E-state index in [9.17, 15) is 0 Å². The van der Waals surface area contributed by atoms with Gasteiger partial charge in [-0.2, -0.15) is 0 Å². The molecule has 0 spiro atoms. The van der Waals surface area contributed by atoms with E-state index in [2.05, 4.69) is 4.98 Å². The molecule has 0 unspecified atom stereocenters. The van der Waals surface area contributed by atoms with Crippen LogP contribution in [0.3, 0.4) is 0 Å². The summed E-state index contributed by atoms with van der Waals surface area (Å²) in [5, 5.41) is 1.25. The molecule has 0 amide bonds. The molecular weight excluding hydrogens is 181 g/mol. The molecule has 1 aromatic heterocycles. The summed E-state index contributed by atoms with van der Waals surface area (Å²) < 4.78 is 0. The average molecular weight is 190 g/mol. The van der Waals surface area contributed by atoms with Gasteiger partial charge in [-0.15, -0.1) is 0 Å². The second-order valence-corrected chi connectivity index (χ2v) is 3.14. The molecule has 11 heavy (non-hydrogen) atoms. The number of hydrogen-bond acceptors (Lipinski definition) is 1. The van der Waals surface area contributed by atoms with Crippen molar-refractivity contribution in [3.8, 4) is 0 Å². The number of aryl methyl sites for hydroxylation is 2. The van der Waals surface area contributed by atoms with Crippen molar-refractivity contribution in [2.24, 2.45) is 0 Å². The smallest absolute Gasteiger partial charge is 0.132 e. The van der Waals surface area contributed by atoms with Crippen LogP contribution in [0.2, 0.25) is 10.2 Å². The number of hydrogen-bond donors (Lipinski definition) is 0. The van der Waals surface area contributed by atoms with Gasteiger partial charge in [-0.1, -0.05) is 30.1 Å². The lowest BCUT2D eigenvalue weighted by Gasteiger charge is -2.02. The Morgan fingerprint density at radius 3 is 2.64 bits per heavy atom. The van der Waals surface area contributed by atoms with Crippen LogP contribution in [0.5, 0.6) is 0 Å². The van der Waals surface area contributed by atoms with Gasteiger partial charge in [0, 0.05) is 0 Å². The molecule has 0 bridgehead atoms. The first-order valence-corrected chi connectivity index (χ1v) is 4.22. The molecule has 0 saturated heterocycles. The topological polar surface area (TPSA) is 12.9 Å². The van der Waals surface area contributed by atoms with Crippen LogP contribution in [-0.2, 0) is 6.42 Å². The van der Waals surface area contributed by atoms with E-state index in [0.717, 1.165) is 17.7 Å². The SMILES string of the molecule is CCc1nc(Cl)c(C)cc1Cl. The third-order valence-corrected chi connectivity index (χ3v) is 2.22. The van der Waals surface area contributed by atoms with Gasteiger partial charge < -0.3 is 0 Å². The van der Waals surface area contributed by atoms with E-state index in [1.165, 1.54) is 0 Å². The summed E-state index contributed by atoms with van der Waals surface area (Å²) in [5.41, 5.74) is 1.79. The van der Waals surface area contributed by atoms with Gasteiger partial charge in [0.25, 0.3) is 0 Å². The van der Waals surface area contributed by atoms with Gasteiger partial charge in [-0.05, 0) is 25.0 Å². The average Bonchev–Trinajstić information content (AvgIpc) is 1.97. The summed E-state index contributed by atoms with van der Waals surface area (Å²) >= 11 is 11.7. The number of aromatic nitrogens is 1. The molecule has 60 valence electrons. The lowest BCUT2D eigenvalue weighted by molar-refractivity contribution is 1.03. The highest BCUT2D eigenvalue weighted by atomic mass is 35.5. The second-order valence-electron chi connectivity index (χ2n) is 2.38. The van der Waals surface area contributed by atoms with Crippen LogP contribution >= 0.6 is 23.2 Å². The Bertz CT molecular complexity index is 271. The van der Waals surface area contributed by atoms with E-state index in [0.29, 0.717) is 10.2 Å². The zero-order valence-electron chi connectivity index (χ0n) is 6.49. The molecule has 0 fully saturated rings. The van der Waals surface area contributed by atoms with Gasteiger partial charge in [0.2, 0.25) is 0 Å². The maximum Gasteiger partial charge on any atom is 0.132 e. The van der Waals surface area contributed by atoms with Crippen LogP contribution in [-0.4, -0.2) is 4.98 Å². The third-order valence-electron chi connectivity index (χ3n) is 1.51. The Balaban J connectivity index is 3.21. The highest BCUT2D eigenvalue weighted by molar-refractivity contribution is 6.33. The summed E-state index contributed by atoms with van der Waals surface area (Å²) in [6.45, 7) is 3.89. The predicted molar refractivity (Wildman–Crippen MR) is 48.4 cm³/mol. The molecule has 1 heterocycles. The lowest BCUT2D eigenvalue weighted by Crippen LogP contribution is -1.91. The Morgan fingerprint density at radius 2 is 2.09 bits per heavy atom. The van der Waals surface area contributed by atoms with E-state index in [-0.39, 0.29) is 0 Å². The van der Waals surface area contributed by atoms with Crippen molar-refractivity contribution in [3.05, 3.63) is 27.5 Å². The van der Waals surface area contributed by atoms with Crippen LogP contribution in [0.4, 0.5) is 0 Å². The van der Waals surface area contributed by atoms with Gasteiger partial charge in [0.1, 0.15) is 5.15 Å². The standard InChI is InChI=1S/C8H9Cl2N/c1-3-7-6(9)4-5(2)8(10)11-7/h4H,3H2,1-2H3. The van der Waals surface area contributed by atoms with Crippen molar-refractivity contribution in [3.63, 3.8) is 0 Å². The monoisotopic (exact) mass is 189 g/mol. The number of pyridine rings is 1. The zero-order chi connectivity index (χ0) is 8.43. The van der Waals surface area contributed by atoms with Crippen LogP contribution in [0.25, 0.3) is 0 Å². The summed E-state index contributed by atoms with van der Waals surface area (Å²) in [4.78, 5) is 4.12. The largest absolute Gasteiger partial charge is 0.239 e. The minimum atomic E-state index is 0.547. The van der Waals surface area contributed by atoms with E-state index in [4.69, 9.17) is 23.2 Å². The number of rotatable bonds is 1. The van der Waals surface area contributed by atoms with E-state index in [1.54, 1.807) is 0 Å². The Hall–Kier alpha value is -0.270. The maximum atomic E-state index is 5.88. The fourth-order valence-electron chi connectivity index (χ4n) is 0.841. The first-order chi connectivity index (χ1) is 5.15. The van der Waals surface area contributed by atoms with Crippen molar-refractivity contribution < 1.29 is 0 Å². The molecule has 0 aliphatic carbocycles. The maximum absolute atomic E-state index is 5.88. The number of halogens is 2. The van der Waals surface area contributed by atoms with Gasteiger partial charge in [-0.3, -0.25) is 0 Å². The quantitative estimate of drug-likeness (QED) is 0.619. The molecule has 1 rings (SSSR count). The van der Waals surface area contributed by atoms with Crippen molar-refractivity contribution >= 4 is 23.2 Å². The molecule has 1 aromatic rings. The van der Waals surface area contributed by atoms with Gasteiger partial charge in [0.05, 0.1) is 10.7 Å². The first kappa shape index (κ1) is 8.82. The second kappa shape index (κ2) is 3.42. The zero-order valence-corrected chi connectivity index (χ0v) is 8.00. The summed E-state index contributed by atoms with van der Waals surface area (Å²) in [7, 11) is 0. The van der Waals surface area contributed by atoms with E-state index in [1.807, 2.05) is 19.9 Å².